The summed E-state index contributed by atoms with van der Waals surface area (Å²) in [5, 5.41) is 3.50. The van der Waals surface area contributed by atoms with Gasteiger partial charge in [-0.25, -0.2) is 0 Å². The Labute approximate surface area is 113 Å². The molecule has 1 heterocycles. The largest absolute Gasteiger partial charge is 0.317 e. The van der Waals surface area contributed by atoms with Gasteiger partial charge in [0.15, 0.2) is 0 Å². The molecule has 0 amide bonds. The number of nitrogens with one attached hydrogen (secondary N) is 1. The summed E-state index contributed by atoms with van der Waals surface area (Å²) in [6, 6.07) is 1.86. The van der Waals surface area contributed by atoms with Crippen molar-refractivity contribution in [1.82, 2.24) is 10.2 Å². The van der Waals surface area contributed by atoms with Gasteiger partial charge in [0.2, 0.25) is 0 Å². The molecule has 3 fully saturated rings. The molecule has 104 valence electrons. The molecule has 3 rings (SSSR count). The first-order valence-corrected chi connectivity index (χ1v) is 8.10. The standard InChI is InChI=1S/C16H30N2/c1-16(2)8-5-15(11-16)18(14-3-4-14)12-13-6-9-17-10-7-13/h13-15,17H,3-12H2,1-2H3. The fourth-order valence-corrected chi connectivity index (χ4v) is 4.05. The Balaban J connectivity index is 1.58. The molecule has 0 aromatic heterocycles. The van der Waals surface area contributed by atoms with E-state index in [0.717, 1.165) is 18.0 Å². The molecule has 1 N–H and O–H groups in total. The predicted molar refractivity (Wildman–Crippen MR) is 76.7 cm³/mol. The van der Waals surface area contributed by atoms with Crippen molar-refractivity contribution in [3.8, 4) is 0 Å². The second-order valence-corrected chi connectivity index (χ2v) is 7.68. The molecule has 2 aliphatic carbocycles. The molecule has 0 aromatic carbocycles. The van der Waals surface area contributed by atoms with E-state index in [-0.39, 0.29) is 0 Å². The van der Waals surface area contributed by atoms with Crippen LogP contribution < -0.4 is 5.32 Å². The molecule has 0 radical (unpaired) electrons. The third kappa shape index (κ3) is 3.08. The maximum atomic E-state index is 3.50. The Morgan fingerprint density at radius 2 is 1.72 bits per heavy atom. The number of hydrogen-bond acceptors (Lipinski definition) is 2. The quantitative estimate of drug-likeness (QED) is 0.825. The van der Waals surface area contributed by atoms with Gasteiger partial charge >= 0.3 is 0 Å². The van der Waals surface area contributed by atoms with Crippen LogP contribution in [-0.4, -0.2) is 36.6 Å². The molecule has 1 atom stereocenters. The second-order valence-electron chi connectivity index (χ2n) is 7.68. The molecule has 0 bridgehead atoms. The van der Waals surface area contributed by atoms with Crippen LogP contribution in [0.25, 0.3) is 0 Å². The van der Waals surface area contributed by atoms with E-state index in [4.69, 9.17) is 0 Å². The van der Waals surface area contributed by atoms with Crippen molar-refractivity contribution in [2.24, 2.45) is 11.3 Å². The maximum Gasteiger partial charge on any atom is 0.0104 e. The Morgan fingerprint density at radius 3 is 2.28 bits per heavy atom. The normalized spacial score (nSPS) is 33.2. The molecule has 2 saturated carbocycles. The fourth-order valence-electron chi connectivity index (χ4n) is 4.05. The first kappa shape index (κ1) is 12.9. The number of hydrogen-bond donors (Lipinski definition) is 1. The van der Waals surface area contributed by atoms with E-state index in [1.807, 2.05) is 0 Å². The molecule has 1 unspecified atom stereocenters. The summed E-state index contributed by atoms with van der Waals surface area (Å²) in [5.74, 6) is 0.968. The molecule has 18 heavy (non-hydrogen) atoms. The van der Waals surface area contributed by atoms with Gasteiger partial charge in [0.05, 0.1) is 0 Å². The minimum absolute atomic E-state index is 0.603. The summed E-state index contributed by atoms with van der Waals surface area (Å²) in [7, 11) is 0. The summed E-state index contributed by atoms with van der Waals surface area (Å²) in [4.78, 5) is 2.92. The highest BCUT2D eigenvalue weighted by molar-refractivity contribution is 4.95. The van der Waals surface area contributed by atoms with Gasteiger partial charge < -0.3 is 5.32 Å². The Hall–Kier alpha value is -0.0800. The SMILES string of the molecule is CC1(C)CCC(N(CC2CCNCC2)C2CC2)C1. The van der Waals surface area contributed by atoms with Crippen molar-refractivity contribution in [3.05, 3.63) is 0 Å². The van der Waals surface area contributed by atoms with Crippen LogP contribution >= 0.6 is 0 Å². The maximum absolute atomic E-state index is 3.50. The predicted octanol–water partition coefficient (Wildman–Crippen LogP) is 3.03. The monoisotopic (exact) mass is 250 g/mol. The summed E-state index contributed by atoms with van der Waals surface area (Å²) >= 11 is 0. The highest BCUT2D eigenvalue weighted by atomic mass is 15.2. The molecule has 2 heteroatoms. The molecule has 1 aliphatic heterocycles. The lowest BCUT2D eigenvalue weighted by atomic mass is 9.91. The van der Waals surface area contributed by atoms with E-state index >= 15 is 0 Å². The van der Waals surface area contributed by atoms with E-state index in [2.05, 4.69) is 24.1 Å². The van der Waals surface area contributed by atoms with Crippen LogP contribution in [-0.2, 0) is 0 Å². The van der Waals surface area contributed by atoms with E-state index in [0.29, 0.717) is 5.41 Å². The smallest absolute Gasteiger partial charge is 0.0104 e. The summed E-state index contributed by atoms with van der Waals surface area (Å²) < 4.78 is 0. The van der Waals surface area contributed by atoms with Crippen molar-refractivity contribution < 1.29 is 0 Å². The minimum Gasteiger partial charge on any atom is -0.317 e. The molecule has 1 saturated heterocycles. The van der Waals surface area contributed by atoms with Gasteiger partial charge in [-0.3, -0.25) is 4.90 Å². The second kappa shape index (κ2) is 5.13. The Kier molecular flexibility index (Phi) is 3.68. The van der Waals surface area contributed by atoms with Crippen LogP contribution in [0.1, 0.15) is 58.8 Å². The van der Waals surface area contributed by atoms with Crippen LogP contribution in [0.4, 0.5) is 0 Å². The number of nitrogens with zero attached hydrogens (tertiary/aromatic N) is 1. The lowest BCUT2D eigenvalue weighted by molar-refractivity contribution is 0.137. The molecule has 3 aliphatic rings. The molecular weight excluding hydrogens is 220 g/mol. The third-order valence-electron chi connectivity index (χ3n) is 5.36. The molecule has 0 spiro atoms. The fraction of sp³-hybridized carbons (Fsp3) is 1.00. The van der Waals surface area contributed by atoms with Gasteiger partial charge in [-0.15, -0.1) is 0 Å². The van der Waals surface area contributed by atoms with Gasteiger partial charge in [-0.05, 0) is 69.4 Å². The zero-order valence-electron chi connectivity index (χ0n) is 12.3. The zero-order valence-corrected chi connectivity index (χ0v) is 12.3. The molecule has 2 nitrogen and oxygen atoms in total. The van der Waals surface area contributed by atoms with E-state index in [1.54, 1.807) is 0 Å². The zero-order chi connectivity index (χ0) is 12.6. The molecular formula is C16H30N2. The summed E-state index contributed by atoms with van der Waals surface area (Å²) in [6.45, 7) is 8.82. The first-order chi connectivity index (χ1) is 8.64. The Morgan fingerprint density at radius 1 is 1.00 bits per heavy atom. The molecule has 0 aromatic rings. The van der Waals surface area contributed by atoms with Crippen molar-refractivity contribution in [2.45, 2.75) is 70.9 Å². The van der Waals surface area contributed by atoms with Crippen molar-refractivity contribution in [1.29, 1.82) is 0 Å². The van der Waals surface area contributed by atoms with Gasteiger partial charge in [0.1, 0.15) is 0 Å². The Bertz CT molecular complexity index is 277. The van der Waals surface area contributed by atoms with Crippen LogP contribution in [0, 0.1) is 11.3 Å². The van der Waals surface area contributed by atoms with Gasteiger partial charge in [-0.2, -0.15) is 0 Å². The average molecular weight is 250 g/mol. The highest BCUT2D eigenvalue weighted by Gasteiger charge is 2.40. The van der Waals surface area contributed by atoms with Crippen molar-refractivity contribution in [3.63, 3.8) is 0 Å². The number of piperidine rings is 1. The average Bonchev–Trinajstić information content (AvgIpc) is 3.12. The lowest BCUT2D eigenvalue weighted by Gasteiger charge is -2.35. The lowest BCUT2D eigenvalue weighted by Crippen LogP contribution is -2.42. The highest BCUT2D eigenvalue weighted by Crippen LogP contribution is 2.43. The van der Waals surface area contributed by atoms with Gasteiger partial charge in [-0.1, -0.05) is 13.8 Å². The summed E-state index contributed by atoms with van der Waals surface area (Å²) in [5.41, 5.74) is 0.603. The number of rotatable bonds is 4. The van der Waals surface area contributed by atoms with Crippen molar-refractivity contribution >= 4 is 0 Å². The third-order valence-corrected chi connectivity index (χ3v) is 5.36. The van der Waals surface area contributed by atoms with Crippen LogP contribution in [0.2, 0.25) is 0 Å². The van der Waals surface area contributed by atoms with Crippen LogP contribution in [0.3, 0.4) is 0 Å². The van der Waals surface area contributed by atoms with Crippen LogP contribution in [0.15, 0.2) is 0 Å². The van der Waals surface area contributed by atoms with E-state index < -0.39 is 0 Å². The van der Waals surface area contributed by atoms with Gasteiger partial charge in [0.25, 0.3) is 0 Å². The first-order valence-electron chi connectivity index (χ1n) is 8.10. The topological polar surface area (TPSA) is 15.3 Å². The van der Waals surface area contributed by atoms with Crippen molar-refractivity contribution in [2.75, 3.05) is 19.6 Å². The van der Waals surface area contributed by atoms with Crippen LogP contribution in [0.5, 0.6) is 0 Å². The minimum atomic E-state index is 0.603. The van der Waals surface area contributed by atoms with E-state index in [9.17, 15) is 0 Å². The summed E-state index contributed by atoms with van der Waals surface area (Å²) in [6.07, 6.45) is 10.1. The van der Waals surface area contributed by atoms with E-state index in [1.165, 1.54) is 64.6 Å². The van der Waals surface area contributed by atoms with Gasteiger partial charge in [0, 0.05) is 18.6 Å².